The highest BCUT2D eigenvalue weighted by molar-refractivity contribution is 7.89. The van der Waals surface area contributed by atoms with Gasteiger partial charge in [-0.15, -0.1) is 0 Å². The monoisotopic (exact) mass is 488 g/mol. The first kappa shape index (κ1) is 22.6. The van der Waals surface area contributed by atoms with E-state index in [0.717, 1.165) is 16.9 Å². The van der Waals surface area contributed by atoms with Gasteiger partial charge in [-0.2, -0.15) is 9.97 Å². The minimum absolute atomic E-state index is 0.0330. The second kappa shape index (κ2) is 8.73. The van der Waals surface area contributed by atoms with Crippen LogP contribution >= 0.6 is 11.3 Å². The summed E-state index contributed by atoms with van der Waals surface area (Å²) in [6.45, 7) is 4.59. The molecule has 4 rings (SSSR count). The number of imidazole rings is 1. The predicted molar refractivity (Wildman–Crippen MR) is 123 cm³/mol. The van der Waals surface area contributed by atoms with Crippen molar-refractivity contribution in [2.24, 2.45) is 5.14 Å². The summed E-state index contributed by atoms with van der Waals surface area (Å²) in [6, 6.07) is 6.20. The fourth-order valence-corrected chi connectivity index (χ4v) is 4.44. The van der Waals surface area contributed by atoms with Gasteiger partial charge in [0, 0.05) is 13.1 Å². The van der Waals surface area contributed by atoms with Gasteiger partial charge >= 0.3 is 5.97 Å². The maximum absolute atomic E-state index is 11.4. The van der Waals surface area contributed by atoms with Crippen molar-refractivity contribution in [3.05, 3.63) is 46.7 Å². The van der Waals surface area contributed by atoms with E-state index in [2.05, 4.69) is 30.6 Å². The number of aromatic nitrogens is 5. The zero-order chi connectivity index (χ0) is 23.8. The predicted octanol–water partition coefficient (Wildman–Crippen LogP) is 2.31. The molecule has 3 heterocycles. The Hall–Kier alpha value is -3.62. The highest BCUT2D eigenvalue weighted by atomic mass is 32.2. The topological polar surface area (TPSA) is 178 Å². The Morgan fingerprint density at radius 3 is 2.55 bits per heavy atom. The molecule has 5 N–H and O–H groups in total. The molecule has 0 amide bonds. The lowest BCUT2D eigenvalue weighted by Crippen LogP contribution is -2.12. The number of thiazole rings is 1. The van der Waals surface area contributed by atoms with E-state index in [1.807, 2.05) is 11.5 Å². The second-order valence-electron chi connectivity index (χ2n) is 7.00. The summed E-state index contributed by atoms with van der Waals surface area (Å²) in [5.74, 6) is -0.336. The van der Waals surface area contributed by atoms with Crippen molar-refractivity contribution in [3.8, 4) is 0 Å². The van der Waals surface area contributed by atoms with Crippen LogP contribution in [-0.4, -0.2) is 44.0 Å². The van der Waals surface area contributed by atoms with Crippen LogP contribution in [0.5, 0.6) is 0 Å². The standard InChI is InChI=1S/C19H20N8O4S2/c1-3-27-9-22-16-13(27)15(21-8-11-4-6-12(7-5-11)33(20,30)31)24-18(25-16)26-19-23-10(2)14(32-19)17(28)29/h4-7,9H,3,8H2,1-2H3,(H,28,29)(H2,20,30,31)(H2,21,23,24,25,26). The Labute approximate surface area is 192 Å². The molecule has 1 aromatic carbocycles. The van der Waals surface area contributed by atoms with Gasteiger partial charge in [0.2, 0.25) is 16.0 Å². The highest BCUT2D eigenvalue weighted by Gasteiger charge is 2.17. The van der Waals surface area contributed by atoms with Crippen LogP contribution in [0, 0.1) is 6.92 Å². The number of fused-ring (bicyclic) bond motifs is 1. The molecule has 0 aliphatic heterocycles. The van der Waals surface area contributed by atoms with Crippen molar-refractivity contribution < 1.29 is 18.3 Å². The Morgan fingerprint density at radius 1 is 1.21 bits per heavy atom. The zero-order valence-electron chi connectivity index (χ0n) is 17.6. The van der Waals surface area contributed by atoms with Gasteiger partial charge in [-0.05, 0) is 31.5 Å². The van der Waals surface area contributed by atoms with Crippen LogP contribution in [0.3, 0.4) is 0 Å². The van der Waals surface area contributed by atoms with Gasteiger partial charge in [0.05, 0.1) is 16.9 Å². The van der Waals surface area contributed by atoms with Crippen LogP contribution in [0.1, 0.15) is 27.9 Å². The normalized spacial score (nSPS) is 11.6. The number of nitrogens with two attached hydrogens (primary N) is 1. The maximum atomic E-state index is 11.4. The highest BCUT2D eigenvalue weighted by Crippen LogP contribution is 2.27. The number of rotatable bonds is 8. The van der Waals surface area contributed by atoms with Crippen LogP contribution in [0.15, 0.2) is 35.5 Å². The van der Waals surface area contributed by atoms with Crippen molar-refractivity contribution >= 4 is 55.4 Å². The lowest BCUT2D eigenvalue weighted by molar-refractivity contribution is 0.0701. The molecule has 14 heteroatoms. The van der Waals surface area contributed by atoms with E-state index in [9.17, 15) is 18.3 Å². The number of hydrogen-bond donors (Lipinski definition) is 4. The van der Waals surface area contributed by atoms with E-state index < -0.39 is 16.0 Å². The molecule has 0 spiro atoms. The molecular weight excluding hydrogens is 468 g/mol. The van der Waals surface area contributed by atoms with Crippen LogP contribution in [0.4, 0.5) is 16.9 Å². The van der Waals surface area contributed by atoms with E-state index in [-0.39, 0.29) is 15.7 Å². The average Bonchev–Trinajstić information content (AvgIpc) is 3.34. The molecule has 12 nitrogen and oxygen atoms in total. The number of hydrogen-bond acceptors (Lipinski definition) is 10. The zero-order valence-corrected chi connectivity index (χ0v) is 19.2. The number of nitrogens with one attached hydrogen (secondary N) is 2. The van der Waals surface area contributed by atoms with Gasteiger partial charge in [-0.3, -0.25) is 5.32 Å². The van der Waals surface area contributed by atoms with E-state index in [1.54, 1.807) is 25.4 Å². The summed E-state index contributed by atoms with van der Waals surface area (Å²) in [4.78, 5) is 29.0. The number of anilines is 3. The van der Waals surface area contributed by atoms with Crippen LogP contribution < -0.4 is 15.8 Å². The molecule has 172 valence electrons. The van der Waals surface area contributed by atoms with E-state index in [4.69, 9.17) is 5.14 Å². The lowest BCUT2D eigenvalue weighted by atomic mass is 10.2. The fourth-order valence-electron chi connectivity index (χ4n) is 3.13. The number of primary sulfonamides is 1. The van der Waals surface area contributed by atoms with Gasteiger partial charge in [-0.25, -0.2) is 28.3 Å². The molecule has 0 atom stereocenters. The van der Waals surface area contributed by atoms with E-state index in [0.29, 0.717) is 40.9 Å². The summed E-state index contributed by atoms with van der Waals surface area (Å²) in [5.41, 5.74) is 2.36. The van der Waals surface area contributed by atoms with E-state index in [1.165, 1.54) is 12.1 Å². The quantitative estimate of drug-likeness (QED) is 0.287. The minimum atomic E-state index is -3.76. The van der Waals surface area contributed by atoms with Crippen LogP contribution in [0.2, 0.25) is 0 Å². The number of benzene rings is 1. The fraction of sp³-hybridized carbons (Fsp3) is 0.211. The third-order valence-corrected chi connectivity index (χ3v) is 6.72. The summed E-state index contributed by atoms with van der Waals surface area (Å²) in [7, 11) is -3.76. The SMILES string of the molecule is CCn1cnc2nc(Nc3nc(C)c(C(=O)O)s3)nc(NCc3ccc(S(N)(=O)=O)cc3)c21. The minimum Gasteiger partial charge on any atom is -0.477 e. The summed E-state index contributed by atoms with van der Waals surface area (Å²) in [6.07, 6.45) is 1.66. The van der Waals surface area contributed by atoms with Crippen molar-refractivity contribution in [2.75, 3.05) is 10.6 Å². The molecule has 4 aromatic rings. The molecule has 0 radical (unpaired) electrons. The number of carboxylic acids is 1. The summed E-state index contributed by atoms with van der Waals surface area (Å²) in [5, 5.41) is 20.9. The Balaban J connectivity index is 1.64. The first-order chi connectivity index (χ1) is 15.7. The van der Waals surface area contributed by atoms with Gasteiger partial charge in [0.25, 0.3) is 0 Å². The maximum Gasteiger partial charge on any atom is 0.347 e. The average molecular weight is 489 g/mol. The Kier molecular flexibility index (Phi) is 5.97. The molecule has 0 saturated carbocycles. The van der Waals surface area contributed by atoms with Crippen molar-refractivity contribution in [1.82, 2.24) is 24.5 Å². The summed E-state index contributed by atoms with van der Waals surface area (Å²) >= 11 is 0.990. The largest absolute Gasteiger partial charge is 0.477 e. The number of carbonyl (C=O) groups is 1. The van der Waals surface area contributed by atoms with Crippen LogP contribution in [0.25, 0.3) is 11.2 Å². The van der Waals surface area contributed by atoms with Gasteiger partial charge in [-0.1, -0.05) is 23.5 Å². The lowest BCUT2D eigenvalue weighted by Gasteiger charge is -2.11. The first-order valence-electron chi connectivity index (χ1n) is 9.72. The van der Waals surface area contributed by atoms with Crippen molar-refractivity contribution in [3.63, 3.8) is 0 Å². The smallest absolute Gasteiger partial charge is 0.347 e. The molecule has 0 aliphatic carbocycles. The van der Waals surface area contributed by atoms with Crippen molar-refractivity contribution in [1.29, 1.82) is 0 Å². The van der Waals surface area contributed by atoms with Gasteiger partial charge in [0.15, 0.2) is 16.6 Å². The molecule has 33 heavy (non-hydrogen) atoms. The first-order valence-corrected chi connectivity index (χ1v) is 12.1. The van der Waals surface area contributed by atoms with Gasteiger partial charge in [0.1, 0.15) is 10.4 Å². The molecular formula is C19H20N8O4S2. The van der Waals surface area contributed by atoms with Gasteiger partial charge < -0.3 is 15.0 Å². The molecule has 0 unspecified atom stereocenters. The molecule has 0 bridgehead atoms. The molecule has 0 aliphatic rings. The Bertz CT molecular complexity index is 1440. The number of aromatic carboxylic acids is 1. The number of sulfonamides is 1. The third-order valence-electron chi connectivity index (χ3n) is 4.73. The molecule has 0 saturated heterocycles. The van der Waals surface area contributed by atoms with Crippen molar-refractivity contribution in [2.45, 2.75) is 31.8 Å². The second-order valence-corrected chi connectivity index (χ2v) is 9.57. The molecule has 3 aromatic heterocycles. The molecule has 0 fully saturated rings. The number of carboxylic acid groups (broad SMARTS) is 1. The number of aryl methyl sites for hydroxylation is 2. The van der Waals surface area contributed by atoms with E-state index >= 15 is 0 Å². The number of nitrogens with zero attached hydrogens (tertiary/aromatic N) is 5. The van der Waals surface area contributed by atoms with Crippen LogP contribution in [-0.2, 0) is 23.1 Å². The Morgan fingerprint density at radius 2 is 1.94 bits per heavy atom. The third kappa shape index (κ3) is 4.76. The summed E-state index contributed by atoms with van der Waals surface area (Å²) < 4.78 is 24.8.